The van der Waals surface area contributed by atoms with E-state index in [9.17, 15) is 4.39 Å². The highest BCUT2D eigenvalue weighted by Gasteiger charge is 2.23. The Kier molecular flexibility index (Phi) is 4.32. The minimum absolute atomic E-state index is 0.349. The molecule has 0 aliphatic heterocycles. The van der Waals surface area contributed by atoms with Crippen LogP contribution in [0, 0.1) is 12.7 Å². The van der Waals surface area contributed by atoms with Crippen LogP contribution >= 0.6 is 0 Å². The second-order valence-electron chi connectivity index (χ2n) is 6.30. The molecular weight excluding hydrogens is 343 g/mol. The van der Waals surface area contributed by atoms with Gasteiger partial charge in [0.25, 0.3) is 0 Å². The maximum Gasteiger partial charge on any atom is 0.159 e. The van der Waals surface area contributed by atoms with Gasteiger partial charge in [-0.3, -0.25) is 4.98 Å². The third-order valence-corrected chi connectivity index (χ3v) is 4.54. The van der Waals surface area contributed by atoms with Crippen LogP contribution in [0.1, 0.15) is 12.5 Å². The first-order valence-electron chi connectivity index (χ1n) is 8.74. The number of halogens is 1. The smallest absolute Gasteiger partial charge is 0.159 e. The van der Waals surface area contributed by atoms with Crippen LogP contribution in [-0.2, 0) is 6.54 Å². The number of pyridine rings is 2. The van der Waals surface area contributed by atoms with Crippen LogP contribution in [0.25, 0.3) is 33.4 Å². The number of fused-ring (bicyclic) bond motifs is 1. The van der Waals surface area contributed by atoms with E-state index < -0.39 is 0 Å². The average Bonchev–Trinajstić information content (AvgIpc) is 3.09. The highest BCUT2D eigenvalue weighted by molar-refractivity contribution is 5.99. The molecule has 0 unspecified atom stereocenters. The lowest BCUT2D eigenvalue weighted by Gasteiger charge is -2.15. The van der Waals surface area contributed by atoms with Crippen LogP contribution in [0.4, 0.5) is 4.39 Å². The lowest BCUT2D eigenvalue weighted by molar-refractivity contribution is 0.416. The molecule has 6 heteroatoms. The van der Waals surface area contributed by atoms with E-state index in [-0.39, 0.29) is 5.82 Å². The summed E-state index contributed by atoms with van der Waals surface area (Å²) in [6.45, 7) is 4.63. The van der Waals surface area contributed by atoms with Gasteiger partial charge in [0.2, 0.25) is 0 Å². The summed E-state index contributed by atoms with van der Waals surface area (Å²) in [5.41, 5.74) is 4.25. The number of rotatable bonds is 4. The van der Waals surface area contributed by atoms with Gasteiger partial charge in [0.1, 0.15) is 11.5 Å². The molecule has 0 saturated heterocycles. The van der Waals surface area contributed by atoms with Gasteiger partial charge in [-0.25, -0.2) is 14.1 Å². The Morgan fingerprint density at radius 3 is 2.67 bits per heavy atom. The lowest BCUT2D eigenvalue weighted by Crippen LogP contribution is -2.02. The molecule has 0 aliphatic carbocycles. The van der Waals surface area contributed by atoms with Crippen molar-refractivity contribution in [3.63, 3.8) is 0 Å². The molecular formula is C21H19FN4O. The zero-order valence-corrected chi connectivity index (χ0v) is 15.4. The zero-order chi connectivity index (χ0) is 19.0. The summed E-state index contributed by atoms with van der Waals surface area (Å²) in [5, 5.41) is 5.29. The molecule has 0 N–H and O–H groups in total. The van der Waals surface area contributed by atoms with E-state index >= 15 is 0 Å². The van der Waals surface area contributed by atoms with Gasteiger partial charge in [0, 0.05) is 35.6 Å². The molecule has 4 rings (SSSR count). The molecule has 0 saturated carbocycles. The first-order valence-corrected chi connectivity index (χ1v) is 8.74. The maximum atomic E-state index is 14.6. The number of methoxy groups -OCH3 is 1. The number of ether oxygens (including phenoxy) is 1. The minimum atomic E-state index is -0.349. The quantitative estimate of drug-likeness (QED) is 0.531. The molecule has 136 valence electrons. The van der Waals surface area contributed by atoms with Gasteiger partial charge in [0.05, 0.1) is 18.7 Å². The van der Waals surface area contributed by atoms with Gasteiger partial charge in [-0.1, -0.05) is 12.1 Å². The van der Waals surface area contributed by atoms with E-state index in [0.29, 0.717) is 29.2 Å². The number of aromatic nitrogens is 4. The number of benzene rings is 1. The molecule has 0 spiro atoms. The molecule has 3 heterocycles. The highest BCUT2D eigenvalue weighted by Crippen LogP contribution is 2.42. The van der Waals surface area contributed by atoms with E-state index in [0.717, 1.165) is 22.1 Å². The molecule has 5 nitrogen and oxygen atoms in total. The molecule has 0 aliphatic rings. The SMILES string of the molecule is CCn1ncc2c(-c3cncc(C)c3)c(OC)c(-c3ccccc3F)nc21. The van der Waals surface area contributed by atoms with Gasteiger partial charge >= 0.3 is 0 Å². The first kappa shape index (κ1) is 17.1. The van der Waals surface area contributed by atoms with E-state index in [1.807, 2.05) is 19.9 Å². The standard InChI is InChI=1S/C21H19FN4O/c1-4-26-21-16(12-24-26)18(14-9-13(2)10-23-11-14)20(27-3)19(25-21)15-7-5-6-8-17(15)22/h5-12H,4H2,1-3H3. The van der Waals surface area contributed by atoms with Crippen LogP contribution in [0.3, 0.4) is 0 Å². The molecule has 27 heavy (non-hydrogen) atoms. The van der Waals surface area contributed by atoms with Crippen molar-refractivity contribution in [1.82, 2.24) is 19.7 Å². The van der Waals surface area contributed by atoms with Gasteiger partial charge in [0.15, 0.2) is 11.4 Å². The van der Waals surface area contributed by atoms with Gasteiger partial charge in [-0.2, -0.15) is 5.10 Å². The minimum Gasteiger partial charge on any atom is -0.494 e. The van der Waals surface area contributed by atoms with Crippen LogP contribution in [0.2, 0.25) is 0 Å². The van der Waals surface area contributed by atoms with Gasteiger partial charge < -0.3 is 4.74 Å². The molecule has 0 atom stereocenters. The number of nitrogens with zero attached hydrogens (tertiary/aromatic N) is 4. The molecule has 0 fully saturated rings. The molecule has 1 aromatic carbocycles. The van der Waals surface area contributed by atoms with Crippen LogP contribution in [-0.4, -0.2) is 26.9 Å². The van der Waals surface area contributed by atoms with Gasteiger partial charge in [-0.15, -0.1) is 0 Å². The van der Waals surface area contributed by atoms with E-state index in [1.54, 1.807) is 48.6 Å². The van der Waals surface area contributed by atoms with Crippen molar-refractivity contribution < 1.29 is 9.13 Å². The van der Waals surface area contributed by atoms with Crippen molar-refractivity contribution in [3.05, 3.63) is 60.3 Å². The van der Waals surface area contributed by atoms with Crippen LogP contribution in [0.5, 0.6) is 5.75 Å². The summed E-state index contributed by atoms with van der Waals surface area (Å²) in [4.78, 5) is 9.04. The fourth-order valence-electron chi connectivity index (χ4n) is 3.31. The Morgan fingerprint density at radius 2 is 1.96 bits per heavy atom. The second-order valence-corrected chi connectivity index (χ2v) is 6.30. The van der Waals surface area contributed by atoms with Crippen LogP contribution < -0.4 is 4.74 Å². The lowest BCUT2D eigenvalue weighted by atomic mass is 9.99. The molecule has 0 bridgehead atoms. The molecule has 4 aromatic rings. The largest absolute Gasteiger partial charge is 0.494 e. The van der Waals surface area contributed by atoms with Crippen molar-refractivity contribution in [2.24, 2.45) is 0 Å². The second kappa shape index (κ2) is 6.79. The Hall–Kier alpha value is -3.28. The monoisotopic (exact) mass is 362 g/mol. The van der Waals surface area contributed by atoms with E-state index in [1.165, 1.54) is 6.07 Å². The number of hydrogen-bond donors (Lipinski definition) is 0. The predicted octanol–water partition coefficient (Wildman–Crippen LogP) is 4.64. The molecule has 0 amide bonds. The van der Waals surface area contributed by atoms with Crippen molar-refractivity contribution in [2.45, 2.75) is 20.4 Å². The van der Waals surface area contributed by atoms with E-state index in [2.05, 4.69) is 10.1 Å². The van der Waals surface area contributed by atoms with Crippen molar-refractivity contribution >= 4 is 11.0 Å². The van der Waals surface area contributed by atoms with E-state index in [4.69, 9.17) is 9.72 Å². The van der Waals surface area contributed by atoms with Gasteiger partial charge in [-0.05, 0) is 37.6 Å². The summed E-state index contributed by atoms with van der Waals surface area (Å²) in [6.07, 6.45) is 5.34. The summed E-state index contributed by atoms with van der Waals surface area (Å²) in [6, 6.07) is 8.60. The maximum absolute atomic E-state index is 14.6. The average molecular weight is 362 g/mol. The van der Waals surface area contributed by atoms with Crippen molar-refractivity contribution in [2.75, 3.05) is 7.11 Å². The molecule has 0 radical (unpaired) electrons. The first-order chi connectivity index (χ1) is 13.1. The fraction of sp³-hybridized carbons (Fsp3) is 0.190. The predicted molar refractivity (Wildman–Crippen MR) is 103 cm³/mol. The van der Waals surface area contributed by atoms with Crippen molar-refractivity contribution in [1.29, 1.82) is 0 Å². The Bertz CT molecular complexity index is 1140. The third kappa shape index (κ3) is 2.83. The topological polar surface area (TPSA) is 52.8 Å². The summed E-state index contributed by atoms with van der Waals surface area (Å²) in [7, 11) is 1.57. The number of hydrogen-bond acceptors (Lipinski definition) is 4. The highest BCUT2D eigenvalue weighted by atomic mass is 19.1. The molecule has 3 aromatic heterocycles. The van der Waals surface area contributed by atoms with Crippen molar-refractivity contribution in [3.8, 4) is 28.1 Å². The summed E-state index contributed by atoms with van der Waals surface area (Å²) < 4.78 is 22.1. The Morgan fingerprint density at radius 1 is 1.15 bits per heavy atom. The Balaban J connectivity index is 2.15. The fourth-order valence-corrected chi connectivity index (χ4v) is 3.31. The number of aryl methyl sites for hydroxylation is 2. The summed E-state index contributed by atoms with van der Waals surface area (Å²) >= 11 is 0. The van der Waals surface area contributed by atoms with Crippen LogP contribution in [0.15, 0.2) is 48.9 Å². The summed E-state index contributed by atoms with van der Waals surface area (Å²) in [5.74, 6) is 0.161. The zero-order valence-electron chi connectivity index (χ0n) is 15.4. The Labute approximate surface area is 156 Å². The normalized spacial score (nSPS) is 11.1. The third-order valence-electron chi connectivity index (χ3n) is 4.54.